The van der Waals surface area contributed by atoms with Gasteiger partial charge in [0, 0.05) is 35.2 Å². The summed E-state index contributed by atoms with van der Waals surface area (Å²) in [5.74, 6) is 0. The Morgan fingerprint density at radius 1 is 1.06 bits per heavy atom. The average molecular weight is 257 g/mol. The van der Waals surface area contributed by atoms with Gasteiger partial charge in [-0.1, -0.05) is 11.6 Å². The van der Waals surface area contributed by atoms with Crippen molar-refractivity contribution in [3.05, 3.63) is 48.0 Å². The van der Waals surface area contributed by atoms with E-state index >= 15 is 0 Å². The van der Waals surface area contributed by atoms with Crippen molar-refractivity contribution < 1.29 is 0 Å². The van der Waals surface area contributed by atoms with Gasteiger partial charge in [0.15, 0.2) is 0 Å². The van der Waals surface area contributed by atoms with Crippen molar-refractivity contribution in [2.24, 2.45) is 0 Å². The molecule has 18 heavy (non-hydrogen) atoms. The van der Waals surface area contributed by atoms with Gasteiger partial charge in [0.1, 0.15) is 0 Å². The van der Waals surface area contributed by atoms with E-state index in [1.54, 1.807) is 24.8 Å². The summed E-state index contributed by atoms with van der Waals surface area (Å²) in [5, 5.41) is 1.44. The third-order valence-electron chi connectivity index (χ3n) is 2.69. The van der Waals surface area contributed by atoms with E-state index in [9.17, 15) is 0 Å². The Balaban J connectivity index is 2.28. The van der Waals surface area contributed by atoms with Crippen LogP contribution in [0, 0.1) is 0 Å². The lowest BCUT2D eigenvalue weighted by atomic mass is 10.1. The Labute approximate surface area is 108 Å². The van der Waals surface area contributed by atoms with Crippen LogP contribution in [0.5, 0.6) is 0 Å². The highest BCUT2D eigenvalue weighted by molar-refractivity contribution is 6.33. The van der Waals surface area contributed by atoms with E-state index in [4.69, 9.17) is 17.3 Å². The third-order valence-corrected chi connectivity index (χ3v) is 2.99. The summed E-state index contributed by atoms with van der Waals surface area (Å²) >= 11 is 6.10. The van der Waals surface area contributed by atoms with Crippen molar-refractivity contribution in [2.75, 3.05) is 5.73 Å². The summed E-state index contributed by atoms with van der Waals surface area (Å²) in [5.41, 5.74) is 8.96. The molecule has 0 amide bonds. The first kappa shape index (κ1) is 10.9. The molecule has 0 spiro atoms. The zero-order valence-corrected chi connectivity index (χ0v) is 10.1. The highest BCUT2D eigenvalue weighted by Gasteiger charge is 2.08. The molecule has 3 heterocycles. The number of pyridine rings is 3. The molecule has 3 aromatic rings. The molecule has 0 saturated carbocycles. The summed E-state index contributed by atoms with van der Waals surface area (Å²) in [7, 11) is 0. The van der Waals surface area contributed by atoms with Crippen LogP contribution in [0.2, 0.25) is 5.02 Å². The SMILES string of the molecule is Nc1cc(-c2ccncc2Cl)nc2cnccc12. The van der Waals surface area contributed by atoms with Crippen molar-refractivity contribution >= 4 is 28.2 Å². The number of hydrogen-bond acceptors (Lipinski definition) is 4. The summed E-state index contributed by atoms with van der Waals surface area (Å²) in [6, 6.07) is 5.46. The molecule has 0 saturated heterocycles. The summed E-state index contributed by atoms with van der Waals surface area (Å²) in [6.45, 7) is 0. The van der Waals surface area contributed by atoms with Crippen molar-refractivity contribution in [1.82, 2.24) is 15.0 Å². The van der Waals surface area contributed by atoms with E-state index in [0.29, 0.717) is 10.7 Å². The van der Waals surface area contributed by atoms with Crippen molar-refractivity contribution in [3.63, 3.8) is 0 Å². The van der Waals surface area contributed by atoms with Gasteiger partial charge in [-0.3, -0.25) is 9.97 Å². The maximum absolute atomic E-state index is 6.10. The standard InChI is InChI=1S/C13H9ClN4/c14-10-6-16-3-1-8(10)12-5-11(15)9-2-4-17-7-13(9)18-12/h1-7H,(H2,15,18). The molecular weight excluding hydrogens is 248 g/mol. The van der Waals surface area contributed by atoms with Crippen molar-refractivity contribution in [1.29, 1.82) is 0 Å². The van der Waals surface area contributed by atoms with Crippen LogP contribution >= 0.6 is 11.6 Å². The largest absolute Gasteiger partial charge is 0.398 e. The van der Waals surface area contributed by atoms with Crippen LogP contribution in [0.4, 0.5) is 5.69 Å². The topological polar surface area (TPSA) is 64.7 Å². The zero-order chi connectivity index (χ0) is 12.5. The average Bonchev–Trinajstić information content (AvgIpc) is 2.39. The molecule has 0 bridgehead atoms. The highest BCUT2D eigenvalue weighted by Crippen LogP contribution is 2.29. The first-order valence-electron chi connectivity index (χ1n) is 5.36. The minimum absolute atomic E-state index is 0.549. The predicted molar refractivity (Wildman–Crippen MR) is 72.2 cm³/mol. The molecule has 0 aliphatic heterocycles. The predicted octanol–water partition coefficient (Wildman–Crippen LogP) is 2.93. The molecule has 2 N–H and O–H groups in total. The minimum atomic E-state index is 0.549. The fraction of sp³-hybridized carbons (Fsp3) is 0. The van der Waals surface area contributed by atoms with Crippen molar-refractivity contribution in [3.8, 4) is 11.3 Å². The van der Waals surface area contributed by atoms with E-state index in [0.717, 1.165) is 22.2 Å². The van der Waals surface area contributed by atoms with Gasteiger partial charge in [0.05, 0.1) is 22.4 Å². The quantitative estimate of drug-likeness (QED) is 0.727. The normalized spacial score (nSPS) is 10.7. The Kier molecular flexibility index (Phi) is 2.57. The van der Waals surface area contributed by atoms with Crippen LogP contribution in [0.15, 0.2) is 43.0 Å². The number of fused-ring (bicyclic) bond motifs is 1. The highest BCUT2D eigenvalue weighted by atomic mass is 35.5. The van der Waals surface area contributed by atoms with Crippen LogP contribution < -0.4 is 5.73 Å². The maximum atomic E-state index is 6.10. The molecule has 3 rings (SSSR count). The lowest BCUT2D eigenvalue weighted by molar-refractivity contribution is 1.29. The maximum Gasteiger partial charge on any atom is 0.0913 e. The molecule has 0 radical (unpaired) electrons. The van der Waals surface area contributed by atoms with Gasteiger partial charge in [-0.05, 0) is 18.2 Å². The van der Waals surface area contributed by atoms with Crippen LogP contribution in [-0.4, -0.2) is 15.0 Å². The molecular formula is C13H9ClN4. The molecule has 88 valence electrons. The molecule has 0 fully saturated rings. The smallest absolute Gasteiger partial charge is 0.0913 e. The Morgan fingerprint density at radius 2 is 1.83 bits per heavy atom. The lowest BCUT2D eigenvalue weighted by Crippen LogP contribution is -1.93. The van der Waals surface area contributed by atoms with E-state index in [1.165, 1.54) is 0 Å². The second-order valence-electron chi connectivity index (χ2n) is 3.85. The van der Waals surface area contributed by atoms with E-state index in [-0.39, 0.29) is 0 Å². The number of nitrogen functional groups attached to an aromatic ring is 1. The van der Waals surface area contributed by atoms with Crippen LogP contribution in [-0.2, 0) is 0 Å². The number of aromatic nitrogens is 3. The van der Waals surface area contributed by atoms with Crippen molar-refractivity contribution in [2.45, 2.75) is 0 Å². The summed E-state index contributed by atoms with van der Waals surface area (Å²) in [4.78, 5) is 12.5. The van der Waals surface area contributed by atoms with Gasteiger partial charge in [-0.2, -0.15) is 0 Å². The molecule has 3 aromatic heterocycles. The van der Waals surface area contributed by atoms with Crippen LogP contribution in [0.3, 0.4) is 0 Å². The molecule has 5 heteroatoms. The van der Waals surface area contributed by atoms with E-state index in [1.807, 2.05) is 18.2 Å². The Morgan fingerprint density at radius 3 is 2.67 bits per heavy atom. The minimum Gasteiger partial charge on any atom is -0.398 e. The second kappa shape index (κ2) is 4.23. The van der Waals surface area contributed by atoms with Gasteiger partial charge in [0.2, 0.25) is 0 Å². The van der Waals surface area contributed by atoms with E-state index in [2.05, 4.69) is 15.0 Å². The van der Waals surface area contributed by atoms with Gasteiger partial charge in [-0.25, -0.2) is 4.98 Å². The number of halogens is 1. The molecule has 0 unspecified atom stereocenters. The van der Waals surface area contributed by atoms with Crippen LogP contribution in [0.1, 0.15) is 0 Å². The van der Waals surface area contributed by atoms with Gasteiger partial charge >= 0.3 is 0 Å². The number of nitrogens with two attached hydrogens (primary N) is 1. The Bertz CT molecular complexity index is 727. The molecule has 0 aliphatic rings. The number of nitrogens with zero attached hydrogens (tertiary/aromatic N) is 3. The Hall–Kier alpha value is -2.20. The van der Waals surface area contributed by atoms with E-state index < -0.39 is 0 Å². The van der Waals surface area contributed by atoms with Gasteiger partial charge < -0.3 is 5.73 Å². The molecule has 4 nitrogen and oxygen atoms in total. The van der Waals surface area contributed by atoms with Gasteiger partial charge in [0.25, 0.3) is 0 Å². The monoisotopic (exact) mass is 256 g/mol. The number of hydrogen-bond donors (Lipinski definition) is 1. The fourth-order valence-electron chi connectivity index (χ4n) is 1.83. The summed E-state index contributed by atoms with van der Waals surface area (Å²) in [6.07, 6.45) is 6.64. The number of rotatable bonds is 1. The zero-order valence-electron chi connectivity index (χ0n) is 9.34. The molecule has 0 aliphatic carbocycles. The summed E-state index contributed by atoms with van der Waals surface area (Å²) < 4.78 is 0. The first-order chi connectivity index (χ1) is 8.75. The lowest BCUT2D eigenvalue weighted by Gasteiger charge is -2.07. The molecule has 0 atom stereocenters. The third kappa shape index (κ3) is 1.76. The molecule has 0 aromatic carbocycles. The second-order valence-corrected chi connectivity index (χ2v) is 4.25. The fourth-order valence-corrected chi connectivity index (χ4v) is 2.04. The van der Waals surface area contributed by atoms with Crippen LogP contribution in [0.25, 0.3) is 22.2 Å². The van der Waals surface area contributed by atoms with Gasteiger partial charge in [-0.15, -0.1) is 0 Å². The first-order valence-corrected chi connectivity index (χ1v) is 5.73. The number of anilines is 1.